The molecule has 3 aromatic rings. The molecule has 0 fully saturated rings. The van der Waals surface area contributed by atoms with Gasteiger partial charge in [-0.3, -0.25) is 4.79 Å². The summed E-state index contributed by atoms with van der Waals surface area (Å²) in [6.45, 7) is 5.61. The Bertz CT molecular complexity index is 1350. The molecule has 0 unspecified atom stereocenters. The second kappa shape index (κ2) is 9.72. The number of nitrogens with zero attached hydrogens (tertiary/aromatic N) is 2. The van der Waals surface area contributed by atoms with Crippen LogP contribution in [0.1, 0.15) is 41.8 Å². The van der Waals surface area contributed by atoms with Crippen LogP contribution in [0.2, 0.25) is 0 Å². The predicted molar refractivity (Wildman–Crippen MR) is 125 cm³/mol. The second-order valence-electron chi connectivity index (χ2n) is 7.58. The first-order chi connectivity index (χ1) is 15.6. The van der Waals surface area contributed by atoms with E-state index in [-0.39, 0.29) is 58.5 Å². The second-order valence-corrected chi connectivity index (χ2v) is 9.62. The number of ketones is 1. The van der Waals surface area contributed by atoms with Crippen molar-refractivity contribution in [2.24, 2.45) is 0 Å². The van der Waals surface area contributed by atoms with E-state index in [0.29, 0.717) is 12.0 Å². The Hall–Kier alpha value is -3.24. The summed E-state index contributed by atoms with van der Waals surface area (Å²) in [5, 5.41) is 0.166. The molecule has 2 aromatic carbocycles. The summed E-state index contributed by atoms with van der Waals surface area (Å²) in [5.74, 6) is -0.370. The van der Waals surface area contributed by atoms with Gasteiger partial charge in [0.2, 0.25) is 10.0 Å². The van der Waals surface area contributed by atoms with Crippen molar-refractivity contribution < 1.29 is 22.4 Å². The van der Waals surface area contributed by atoms with E-state index in [4.69, 9.17) is 14.9 Å². The lowest BCUT2D eigenvalue weighted by Crippen LogP contribution is -2.29. The van der Waals surface area contributed by atoms with Crippen LogP contribution in [0.15, 0.2) is 44.4 Å². The molecule has 0 aliphatic heterocycles. The molecule has 10 heteroatoms. The number of carbonyl (C=O) groups is 1. The van der Waals surface area contributed by atoms with Crippen LogP contribution >= 0.6 is 0 Å². The zero-order valence-corrected chi connectivity index (χ0v) is 19.9. The molecule has 0 saturated carbocycles. The highest BCUT2D eigenvalue weighted by Gasteiger charge is 2.25. The molecule has 176 valence electrons. The van der Waals surface area contributed by atoms with E-state index in [1.165, 1.54) is 25.2 Å². The van der Waals surface area contributed by atoms with Gasteiger partial charge in [-0.1, -0.05) is 24.6 Å². The van der Waals surface area contributed by atoms with Gasteiger partial charge in [0.25, 0.3) is 0 Å². The maximum Gasteiger partial charge on any atom is 0.397 e. The minimum atomic E-state index is -3.75. The number of aryl methyl sites for hydroxylation is 2. The van der Waals surface area contributed by atoms with E-state index < -0.39 is 15.6 Å². The van der Waals surface area contributed by atoms with Crippen molar-refractivity contribution in [3.8, 4) is 6.08 Å². The Morgan fingerprint density at radius 3 is 2.48 bits per heavy atom. The summed E-state index contributed by atoms with van der Waals surface area (Å²) < 4.78 is 37.0. The summed E-state index contributed by atoms with van der Waals surface area (Å²) in [5.41, 5.74) is 7.48. The van der Waals surface area contributed by atoms with Gasteiger partial charge in [0.1, 0.15) is 0 Å². The summed E-state index contributed by atoms with van der Waals surface area (Å²) >= 11 is 0. The van der Waals surface area contributed by atoms with Gasteiger partial charge >= 0.3 is 11.7 Å². The lowest BCUT2D eigenvalue weighted by Gasteiger charge is -2.18. The molecule has 0 atom stereocenters. The average molecular weight is 474 g/mol. The highest BCUT2D eigenvalue weighted by atomic mass is 32.2. The number of benzene rings is 2. The zero-order chi connectivity index (χ0) is 24.3. The molecule has 9 nitrogen and oxygen atoms in total. The van der Waals surface area contributed by atoms with Gasteiger partial charge in [-0.15, -0.1) is 0 Å². The molecule has 0 amide bonds. The van der Waals surface area contributed by atoms with Gasteiger partial charge in [-0.25, -0.2) is 17.5 Å². The Kier molecular flexibility index (Phi) is 7.19. The third kappa shape index (κ3) is 4.91. The van der Waals surface area contributed by atoms with E-state index in [2.05, 4.69) is 4.98 Å². The predicted octanol–water partition coefficient (Wildman–Crippen LogP) is 2.93. The van der Waals surface area contributed by atoms with Crippen LogP contribution in [0, 0.1) is 6.92 Å². The normalized spacial score (nSPS) is 11.8. The van der Waals surface area contributed by atoms with Crippen molar-refractivity contribution in [2.45, 2.75) is 38.5 Å². The number of hydrogen-bond acceptors (Lipinski definition) is 8. The van der Waals surface area contributed by atoms with E-state index in [1.54, 1.807) is 26.0 Å². The number of nitrogens with two attached hydrogens (primary N) is 1. The first-order valence-corrected chi connectivity index (χ1v) is 12.0. The number of carbonyl (C=O) groups excluding carboxylic acids is 1. The molecule has 0 aliphatic carbocycles. The van der Waals surface area contributed by atoms with E-state index >= 15 is 0 Å². The van der Waals surface area contributed by atoms with Crippen LogP contribution in [0.4, 0.5) is 5.69 Å². The number of anilines is 1. The van der Waals surface area contributed by atoms with Crippen LogP contribution in [-0.2, 0) is 16.4 Å². The summed E-state index contributed by atoms with van der Waals surface area (Å²) in [7, 11) is -2.33. The molecule has 1 heterocycles. The Balaban J connectivity index is 1.91. The van der Waals surface area contributed by atoms with E-state index in [0.717, 1.165) is 9.87 Å². The minimum absolute atomic E-state index is 0.0498. The fourth-order valence-electron chi connectivity index (χ4n) is 3.58. The highest BCUT2D eigenvalue weighted by Crippen LogP contribution is 2.28. The van der Waals surface area contributed by atoms with E-state index in [9.17, 15) is 18.0 Å². The zero-order valence-electron chi connectivity index (χ0n) is 19.0. The molecule has 0 radical (unpaired) electrons. The molecule has 0 aliphatic rings. The van der Waals surface area contributed by atoms with Crippen LogP contribution in [0.3, 0.4) is 0 Å². The van der Waals surface area contributed by atoms with Gasteiger partial charge in [-0.05, 0) is 44.0 Å². The van der Waals surface area contributed by atoms with Gasteiger partial charge < -0.3 is 14.9 Å². The first kappa shape index (κ1) is 24.4. The van der Waals surface area contributed by atoms with Crippen molar-refractivity contribution in [1.29, 1.82) is 0 Å². The number of aromatic nitrogens is 1. The molecular formula is C23H27N3O6S. The van der Waals surface area contributed by atoms with Gasteiger partial charge in [-0.2, -0.15) is 4.98 Å². The van der Waals surface area contributed by atoms with Crippen molar-refractivity contribution in [3.05, 3.63) is 57.4 Å². The van der Waals surface area contributed by atoms with Gasteiger partial charge in [0.05, 0.1) is 22.4 Å². The number of hydrogen-bond donors (Lipinski definition) is 1. The topological polar surface area (TPSA) is 133 Å². The largest absolute Gasteiger partial charge is 0.450 e. The molecule has 1 aromatic heterocycles. The molecule has 33 heavy (non-hydrogen) atoms. The Morgan fingerprint density at radius 2 is 1.88 bits per heavy atom. The monoisotopic (exact) mass is 473 g/mol. The standard InChI is InChI=1S/C23H27N3O6S/c1-5-16-20(17(24)13-18-21(16)22(28)32-23(25-18)31-6-2)19(27)11-12-26(4)33(29,30)15-9-7-14(3)8-10-15/h7-10,13H,5-6,11-12,24H2,1-4H3. The number of nitrogen functional groups attached to an aromatic ring is 1. The summed E-state index contributed by atoms with van der Waals surface area (Å²) in [6, 6.07) is 7.93. The van der Waals surface area contributed by atoms with E-state index in [1.807, 2.05) is 6.92 Å². The number of rotatable bonds is 9. The van der Waals surface area contributed by atoms with Gasteiger partial charge in [0, 0.05) is 31.3 Å². The number of ether oxygens (including phenoxy) is 1. The summed E-state index contributed by atoms with van der Waals surface area (Å²) in [4.78, 5) is 30.0. The van der Waals surface area contributed by atoms with Crippen molar-refractivity contribution in [3.63, 3.8) is 0 Å². The van der Waals surface area contributed by atoms with Gasteiger partial charge in [0.15, 0.2) is 5.78 Å². The lowest BCUT2D eigenvalue weighted by molar-refractivity contribution is 0.0978. The van der Waals surface area contributed by atoms with Crippen LogP contribution in [0.25, 0.3) is 10.9 Å². The SMILES string of the molecule is CCOc1nc2cc(N)c(C(=O)CCN(C)S(=O)(=O)c3ccc(C)cc3)c(CC)c2c(=O)o1. The van der Waals surface area contributed by atoms with Crippen molar-refractivity contribution in [1.82, 2.24) is 9.29 Å². The number of sulfonamides is 1. The molecular weight excluding hydrogens is 446 g/mol. The molecule has 0 spiro atoms. The highest BCUT2D eigenvalue weighted by molar-refractivity contribution is 7.89. The van der Waals surface area contributed by atoms with Crippen LogP contribution in [-0.4, -0.2) is 43.7 Å². The van der Waals surface area contributed by atoms with Crippen LogP contribution < -0.4 is 16.1 Å². The number of fused-ring (bicyclic) bond motifs is 1. The molecule has 0 bridgehead atoms. The Labute approximate surface area is 192 Å². The first-order valence-electron chi connectivity index (χ1n) is 10.5. The number of Topliss-reactive ketones (excluding diaryl/α,β-unsaturated/α-hetero) is 1. The fraction of sp³-hybridized carbons (Fsp3) is 0.348. The quantitative estimate of drug-likeness (QED) is 0.370. The molecule has 3 rings (SSSR count). The maximum atomic E-state index is 13.1. The van der Waals surface area contributed by atoms with Crippen molar-refractivity contribution in [2.75, 3.05) is 25.9 Å². The molecule has 0 saturated heterocycles. The van der Waals surface area contributed by atoms with Crippen LogP contribution in [0.5, 0.6) is 6.08 Å². The average Bonchev–Trinajstić information content (AvgIpc) is 2.76. The molecule has 2 N–H and O–H groups in total. The minimum Gasteiger partial charge on any atom is -0.450 e. The Morgan fingerprint density at radius 1 is 1.21 bits per heavy atom. The third-order valence-corrected chi connectivity index (χ3v) is 7.19. The lowest BCUT2D eigenvalue weighted by atomic mass is 9.94. The van der Waals surface area contributed by atoms with Crippen molar-refractivity contribution >= 4 is 32.4 Å². The maximum absolute atomic E-state index is 13.1. The smallest absolute Gasteiger partial charge is 0.397 e. The summed E-state index contributed by atoms with van der Waals surface area (Å²) in [6.07, 6.45) is 0.0548. The fourth-order valence-corrected chi connectivity index (χ4v) is 4.75. The third-order valence-electron chi connectivity index (χ3n) is 5.32.